The molecule has 0 saturated carbocycles. The third-order valence-electron chi connectivity index (χ3n) is 6.40. The first-order valence-corrected chi connectivity index (χ1v) is 11.7. The van der Waals surface area contributed by atoms with Crippen LogP contribution in [0.4, 0.5) is 0 Å². The van der Waals surface area contributed by atoms with Gasteiger partial charge >= 0.3 is 0 Å². The van der Waals surface area contributed by atoms with Crippen LogP contribution in [0.3, 0.4) is 0 Å². The Hall–Kier alpha value is -4.91. The number of hydrogen-bond acceptors (Lipinski definition) is 8. The third kappa shape index (κ3) is 4.67. The molecule has 0 spiro atoms. The van der Waals surface area contributed by atoms with E-state index in [9.17, 15) is 14.9 Å². The van der Waals surface area contributed by atoms with Gasteiger partial charge in [-0.1, -0.05) is 6.07 Å². The van der Waals surface area contributed by atoms with Crippen LogP contribution in [0.2, 0.25) is 0 Å². The van der Waals surface area contributed by atoms with Crippen molar-refractivity contribution < 1.29 is 14.3 Å². The van der Waals surface area contributed by atoms with Crippen molar-refractivity contribution in [3.63, 3.8) is 0 Å². The fraction of sp³-hybridized carbons (Fsp3) is 0.222. The number of pyridine rings is 2. The lowest BCUT2D eigenvalue weighted by Crippen LogP contribution is -2.50. The molecular weight excluding hydrogens is 470 g/mol. The molecule has 4 aromatic rings. The van der Waals surface area contributed by atoms with Crippen LogP contribution in [0.1, 0.15) is 23.0 Å². The normalized spacial score (nSPS) is 13.3. The van der Waals surface area contributed by atoms with Gasteiger partial charge in [-0.15, -0.1) is 0 Å². The molecule has 5 rings (SSSR count). The van der Waals surface area contributed by atoms with Crippen LogP contribution in [0.25, 0.3) is 33.3 Å². The van der Waals surface area contributed by atoms with E-state index in [2.05, 4.69) is 26.0 Å². The minimum absolute atomic E-state index is 0.0106. The highest BCUT2D eigenvalue weighted by Gasteiger charge is 2.24. The minimum Gasteiger partial charge on any atom is -0.480 e. The highest BCUT2D eigenvalue weighted by atomic mass is 16.5. The predicted molar refractivity (Wildman–Crippen MR) is 135 cm³/mol. The van der Waals surface area contributed by atoms with E-state index in [0.717, 1.165) is 27.6 Å². The molecule has 184 valence electrons. The molecule has 37 heavy (non-hydrogen) atoms. The molecule has 1 saturated heterocycles. The van der Waals surface area contributed by atoms with Crippen molar-refractivity contribution in [2.24, 2.45) is 0 Å². The van der Waals surface area contributed by atoms with Gasteiger partial charge in [0.05, 0.1) is 18.3 Å². The van der Waals surface area contributed by atoms with Gasteiger partial charge in [0.1, 0.15) is 23.7 Å². The molecule has 10 heteroatoms. The molecule has 0 bridgehead atoms. The number of methoxy groups -OCH3 is 1. The zero-order valence-corrected chi connectivity index (χ0v) is 20.4. The van der Waals surface area contributed by atoms with Gasteiger partial charge in [-0.3, -0.25) is 14.6 Å². The summed E-state index contributed by atoms with van der Waals surface area (Å²) in [6, 6.07) is 13.1. The summed E-state index contributed by atoms with van der Waals surface area (Å²) in [7, 11) is 1.47. The van der Waals surface area contributed by atoms with Gasteiger partial charge in [0.25, 0.3) is 5.91 Å². The standard InChI is InChI=1S/C27H23N7O3/c1-17(35)33-7-9-34(10-8-33)27(36)24-13-19(5-6-29-24)25-22-12-18(3-4-23(22)31-16-32-25)21-11-20(14-28)26(37-2)30-15-21/h3-6,11-13,15-16H,7-10H2,1-2H3. The summed E-state index contributed by atoms with van der Waals surface area (Å²) in [5, 5.41) is 10.2. The van der Waals surface area contributed by atoms with E-state index in [4.69, 9.17) is 4.74 Å². The second-order valence-corrected chi connectivity index (χ2v) is 8.57. The average Bonchev–Trinajstić information content (AvgIpc) is 2.95. The van der Waals surface area contributed by atoms with E-state index >= 15 is 0 Å². The van der Waals surface area contributed by atoms with Crippen LogP contribution in [-0.4, -0.2) is 74.8 Å². The van der Waals surface area contributed by atoms with Crippen LogP contribution >= 0.6 is 0 Å². The molecular formula is C27H23N7O3. The summed E-state index contributed by atoms with van der Waals surface area (Å²) in [6.07, 6.45) is 4.74. The van der Waals surface area contributed by atoms with Crippen LogP contribution in [0, 0.1) is 11.3 Å². The smallest absolute Gasteiger partial charge is 0.272 e. The van der Waals surface area contributed by atoms with Crippen LogP contribution in [0.5, 0.6) is 5.88 Å². The number of nitrogens with zero attached hydrogens (tertiary/aromatic N) is 7. The molecule has 4 heterocycles. The number of nitriles is 1. The molecule has 10 nitrogen and oxygen atoms in total. The SMILES string of the molecule is COc1ncc(-c2ccc3ncnc(-c4ccnc(C(=O)N5CCN(C(C)=O)CC5)c4)c3c2)cc1C#N. The largest absolute Gasteiger partial charge is 0.480 e. The third-order valence-corrected chi connectivity index (χ3v) is 6.40. The van der Waals surface area contributed by atoms with Crippen molar-refractivity contribution in [3.05, 3.63) is 66.4 Å². The summed E-state index contributed by atoms with van der Waals surface area (Å²) in [5.41, 5.74) is 4.37. The number of aromatic nitrogens is 4. The Morgan fingerprint density at radius 2 is 1.70 bits per heavy atom. The second-order valence-electron chi connectivity index (χ2n) is 8.57. The Bertz CT molecular complexity index is 1560. The summed E-state index contributed by atoms with van der Waals surface area (Å²) < 4.78 is 5.16. The molecule has 0 atom stereocenters. The number of fused-ring (bicyclic) bond motifs is 1. The molecule has 1 aromatic carbocycles. The number of piperazine rings is 1. The quantitative estimate of drug-likeness (QED) is 0.425. The number of carbonyl (C=O) groups excluding carboxylic acids is 2. The van der Waals surface area contributed by atoms with Gasteiger partial charge < -0.3 is 14.5 Å². The fourth-order valence-electron chi connectivity index (χ4n) is 4.40. The highest BCUT2D eigenvalue weighted by molar-refractivity contribution is 5.97. The minimum atomic E-state index is -0.183. The average molecular weight is 494 g/mol. The van der Waals surface area contributed by atoms with Gasteiger partial charge in [0.15, 0.2) is 0 Å². The predicted octanol–water partition coefficient (Wildman–Crippen LogP) is 2.94. The first-order valence-electron chi connectivity index (χ1n) is 11.7. The van der Waals surface area contributed by atoms with E-state index in [0.29, 0.717) is 43.1 Å². The molecule has 1 aliphatic heterocycles. The summed E-state index contributed by atoms with van der Waals surface area (Å²) in [6.45, 7) is 3.48. The van der Waals surface area contributed by atoms with Gasteiger partial charge in [0, 0.05) is 62.0 Å². The maximum atomic E-state index is 13.2. The van der Waals surface area contributed by atoms with Crippen LogP contribution in [-0.2, 0) is 4.79 Å². The molecule has 3 aromatic heterocycles. The Morgan fingerprint density at radius 3 is 2.43 bits per heavy atom. The number of carbonyl (C=O) groups is 2. The van der Waals surface area contributed by atoms with E-state index in [1.54, 1.807) is 34.3 Å². The molecule has 1 fully saturated rings. The van der Waals surface area contributed by atoms with Crippen molar-refractivity contribution >= 4 is 22.7 Å². The number of hydrogen-bond donors (Lipinski definition) is 0. The molecule has 0 radical (unpaired) electrons. The van der Waals surface area contributed by atoms with Gasteiger partial charge in [-0.2, -0.15) is 5.26 Å². The molecule has 1 aliphatic rings. The van der Waals surface area contributed by atoms with Crippen molar-refractivity contribution in [3.8, 4) is 34.3 Å². The summed E-state index contributed by atoms with van der Waals surface area (Å²) >= 11 is 0. The van der Waals surface area contributed by atoms with Gasteiger partial charge in [0.2, 0.25) is 11.8 Å². The molecule has 2 amide bonds. The highest BCUT2D eigenvalue weighted by Crippen LogP contribution is 2.31. The van der Waals surface area contributed by atoms with Crippen molar-refractivity contribution in [2.45, 2.75) is 6.92 Å². The van der Waals surface area contributed by atoms with E-state index < -0.39 is 0 Å². The zero-order valence-electron chi connectivity index (χ0n) is 20.4. The van der Waals surface area contributed by atoms with Gasteiger partial charge in [-0.05, 0) is 35.9 Å². The van der Waals surface area contributed by atoms with Crippen molar-refractivity contribution in [2.75, 3.05) is 33.3 Å². The van der Waals surface area contributed by atoms with E-state index in [1.807, 2.05) is 24.3 Å². The summed E-state index contributed by atoms with van der Waals surface area (Å²) in [4.78, 5) is 45.7. The molecule has 0 unspecified atom stereocenters. The van der Waals surface area contributed by atoms with Crippen LogP contribution < -0.4 is 4.74 Å². The van der Waals surface area contributed by atoms with Crippen molar-refractivity contribution in [1.82, 2.24) is 29.7 Å². The Kier molecular flexibility index (Phi) is 6.43. The fourth-order valence-corrected chi connectivity index (χ4v) is 4.40. The lowest BCUT2D eigenvalue weighted by molar-refractivity contribution is -0.130. The second kappa shape index (κ2) is 9.99. The Labute approximate surface area is 213 Å². The topological polar surface area (TPSA) is 125 Å². The Morgan fingerprint density at radius 1 is 0.919 bits per heavy atom. The number of ether oxygens (including phenoxy) is 1. The number of amides is 2. The Balaban J connectivity index is 1.49. The molecule has 0 N–H and O–H groups in total. The maximum absolute atomic E-state index is 13.2. The van der Waals surface area contributed by atoms with Crippen LogP contribution in [0.15, 0.2) is 55.1 Å². The first kappa shape index (κ1) is 23.8. The van der Waals surface area contributed by atoms with Gasteiger partial charge in [-0.25, -0.2) is 15.0 Å². The van der Waals surface area contributed by atoms with E-state index in [-0.39, 0.29) is 17.7 Å². The number of rotatable bonds is 4. The first-order chi connectivity index (χ1) is 18.0. The monoisotopic (exact) mass is 493 g/mol. The summed E-state index contributed by atoms with van der Waals surface area (Å²) in [5.74, 6) is 0.0988. The van der Waals surface area contributed by atoms with Crippen molar-refractivity contribution in [1.29, 1.82) is 5.26 Å². The molecule has 0 aliphatic carbocycles. The number of benzene rings is 1. The lowest BCUT2D eigenvalue weighted by Gasteiger charge is -2.34. The maximum Gasteiger partial charge on any atom is 0.272 e. The zero-order chi connectivity index (χ0) is 25.9. The lowest BCUT2D eigenvalue weighted by atomic mass is 10.0. The van der Waals surface area contributed by atoms with E-state index in [1.165, 1.54) is 20.4 Å².